The molecule has 7 nitrogen and oxygen atoms in total. The van der Waals surface area contributed by atoms with Gasteiger partial charge in [0.05, 0.1) is 26.3 Å². The van der Waals surface area contributed by atoms with Crippen LogP contribution in [0.15, 0.2) is 84.6 Å². The van der Waals surface area contributed by atoms with Crippen molar-refractivity contribution in [3.05, 3.63) is 90.1 Å². The fraction of sp³-hybridized carbons (Fsp3) is 0.185. The van der Waals surface area contributed by atoms with E-state index in [-0.39, 0.29) is 25.0 Å². The number of anilines is 1. The molecule has 1 aliphatic heterocycles. The maximum atomic E-state index is 13.5. The Hall–Kier alpha value is -4.26. The van der Waals surface area contributed by atoms with Crippen LogP contribution in [0, 0.1) is 0 Å². The molecule has 2 amide bonds. The number of carbonyl (C=O) groups excluding carboxylic acids is 2. The van der Waals surface area contributed by atoms with Gasteiger partial charge in [-0.05, 0) is 42.5 Å². The lowest BCUT2D eigenvalue weighted by Crippen LogP contribution is -2.37. The Morgan fingerprint density at radius 3 is 2.09 bits per heavy atom. The molecular weight excluding hydrogens is 432 g/mol. The van der Waals surface area contributed by atoms with Crippen LogP contribution in [0.25, 0.3) is 5.57 Å². The van der Waals surface area contributed by atoms with Crippen molar-refractivity contribution < 1.29 is 23.8 Å². The molecule has 0 fully saturated rings. The third-order valence-electron chi connectivity index (χ3n) is 5.64. The summed E-state index contributed by atoms with van der Waals surface area (Å²) in [6, 6.07) is 23.8. The molecule has 0 unspecified atom stereocenters. The van der Waals surface area contributed by atoms with Crippen molar-refractivity contribution in [2.45, 2.75) is 0 Å². The number of methoxy groups -OCH3 is 2. The molecule has 0 aliphatic carbocycles. The summed E-state index contributed by atoms with van der Waals surface area (Å²) < 4.78 is 16.4. The van der Waals surface area contributed by atoms with Gasteiger partial charge >= 0.3 is 0 Å². The van der Waals surface area contributed by atoms with Crippen molar-refractivity contribution in [3.63, 3.8) is 0 Å². The number of benzene rings is 3. The van der Waals surface area contributed by atoms with E-state index in [1.807, 2.05) is 42.5 Å². The van der Waals surface area contributed by atoms with Gasteiger partial charge in [0.15, 0.2) is 0 Å². The first kappa shape index (κ1) is 22.9. The van der Waals surface area contributed by atoms with Crippen LogP contribution >= 0.6 is 0 Å². The Balaban J connectivity index is 1.63. The topological polar surface area (TPSA) is 68.3 Å². The number of carbonyl (C=O) groups is 2. The van der Waals surface area contributed by atoms with Crippen molar-refractivity contribution in [2.75, 3.05) is 39.3 Å². The van der Waals surface area contributed by atoms with Gasteiger partial charge in [-0.15, -0.1) is 0 Å². The van der Waals surface area contributed by atoms with E-state index in [0.29, 0.717) is 28.3 Å². The summed E-state index contributed by atoms with van der Waals surface area (Å²) in [7, 11) is 4.92. The first-order valence-electron chi connectivity index (χ1n) is 10.8. The maximum absolute atomic E-state index is 13.5. The van der Waals surface area contributed by atoms with Gasteiger partial charge in [0.2, 0.25) is 0 Å². The summed E-state index contributed by atoms with van der Waals surface area (Å²) in [6.07, 6.45) is 0. The van der Waals surface area contributed by atoms with Crippen LogP contribution < -0.4 is 19.1 Å². The third-order valence-corrected chi connectivity index (χ3v) is 5.64. The second kappa shape index (κ2) is 10.1. The van der Waals surface area contributed by atoms with E-state index in [1.165, 1.54) is 4.90 Å². The summed E-state index contributed by atoms with van der Waals surface area (Å²) in [5.41, 5.74) is 1.96. The number of hydrogen-bond donors (Lipinski definition) is 0. The summed E-state index contributed by atoms with van der Waals surface area (Å²) in [5, 5.41) is 0. The molecule has 174 valence electrons. The average Bonchev–Trinajstić information content (AvgIpc) is 3.13. The molecule has 1 heterocycles. The minimum absolute atomic E-state index is 0.106. The molecule has 34 heavy (non-hydrogen) atoms. The highest BCUT2D eigenvalue weighted by atomic mass is 16.5. The fourth-order valence-electron chi connectivity index (χ4n) is 3.88. The van der Waals surface area contributed by atoms with E-state index < -0.39 is 0 Å². The van der Waals surface area contributed by atoms with E-state index >= 15 is 0 Å². The zero-order chi connectivity index (χ0) is 24.1. The fourth-order valence-corrected chi connectivity index (χ4v) is 3.88. The number of rotatable bonds is 9. The molecular formula is C27H26N2O5. The van der Waals surface area contributed by atoms with E-state index in [0.717, 1.165) is 11.4 Å². The second-order valence-corrected chi connectivity index (χ2v) is 7.60. The van der Waals surface area contributed by atoms with Crippen molar-refractivity contribution in [1.29, 1.82) is 0 Å². The van der Waals surface area contributed by atoms with E-state index in [2.05, 4.69) is 0 Å². The number of hydrogen-bond acceptors (Lipinski definition) is 6. The van der Waals surface area contributed by atoms with Crippen LogP contribution in [0.5, 0.6) is 17.2 Å². The van der Waals surface area contributed by atoms with Gasteiger partial charge in [0, 0.05) is 18.3 Å². The normalized spacial score (nSPS) is 13.3. The van der Waals surface area contributed by atoms with Gasteiger partial charge in [-0.1, -0.05) is 36.4 Å². The number of nitrogens with zero attached hydrogens (tertiary/aromatic N) is 2. The zero-order valence-corrected chi connectivity index (χ0v) is 19.4. The van der Waals surface area contributed by atoms with Gasteiger partial charge < -0.3 is 19.1 Å². The van der Waals surface area contributed by atoms with E-state index in [1.54, 1.807) is 62.6 Å². The minimum atomic E-state index is -0.384. The molecule has 0 radical (unpaired) electrons. The predicted octanol–water partition coefficient (Wildman–Crippen LogP) is 4.00. The highest BCUT2D eigenvalue weighted by Crippen LogP contribution is 2.37. The lowest BCUT2D eigenvalue weighted by atomic mass is 10.0. The van der Waals surface area contributed by atoms with E-state index in [4.69, 9.17) is 14.2 Å². The molecule has 7 heteroatoms. The van der Waals surface area contributed by atoms with Gasteiger partial charge in [0.25, 0.3) is 11.8 Å². The van der Waals surface area contributed by atoms with Crippen LogP contribution in [0.3, 0.4) is 0 Å². The Labute approximate surface area is 198 Å². The van der Waals surface area contributed by atoms with Crippen molar-refractivity contribution in [2.24, 2.45) is 0 Å². The van der Waals surface area contributed by atoms with Gasteiger partial charge in [0.1, 0.15) is 29.6 Å². The van der Waals surface area contributed by atoms with Crippen LogP contribution in [0.2, 0.25) is 0 Å². The Morgan fingerprint density at radius 1 is 0.765 bits per heavy atom. The molecule has 0 atom stereocenters. The number of ether oxygens (including phenoxy) is 3. The third kappa shape index (κ3) is 4.45. The molecule has 1 aliphatic rings. The molecule has 0 aromatic heterocycles. The molecule has 0 saturated heterocycles. The Bertz CT molecular complexity index is 1210. The monoisotopic (exact) mass is 458 g/mol. The quantitative estimate of drug-likeness (QED) is 0.452. The standard InChI is InChI=1S/C27H26N2O5/c1-28(19-9-5-4-6-10-19)25-24(22-11-7-8-12-23(22)33-3)26(30)29(27(25)31)17-18-34-21-15-13-20(32-2)14-16-21/h4-16H,17-18H2,1-3H3. The van der Waals surface area contributed by atoms with Crippen LogP contribution in [0.4, 0.5) is 5.69 Å². The van der Waals surface area contributed by atoms with Gasteiger partial charge in [-0.2, -0.15) is 0 Å². The smallest absolute Gasteiger partial charge is 0.278 e. The van der Waals surface area contributed by atoms with Crippen molar-refractivity contribution in [3.8, 4) is 17.2 Å². The molecule has 3 aromatic rings. The molecule has 4 rings (SSSR count). The number of amides is 2. The highest BCUT2D eigenvalue weighted by Gasteiger charge is 2.41. The van der Waals surface area contributed by atoms with Crippen LogP contribution in [-0.4, -0.2) is 51.1 Å². The SMILES string of the molecule is COc1ccc(OCCN2C(=O)C(c3ccccc3OC)=C(N(C)c3ccccc3)C2=O)cc1. The molecule has 3 aromatic carbocycles. The van der Waals surface area contributed by atoms with Crippen molar-refractivity contribution >= 4 is 23.1 Å². The lowest BCUT2D eigenvalue weighted by Gasteiger charge is -2.21. The van der Waals surface area contributed by atoms with Crippen molar-refractivity contribution in [1.82, 2.24) is 4.90 Å². The average molecular weight is 459 g/mol. The molecule has 0 spiro atoms. The van der Waals surface area contributed by atoms with Crippen LogP contribution in [0.1, 0.15) is 5.56 Å². The minimum Gasteiger partial charge on any atom is -0.497 e. The Kier molecular flexibility index (Phi) is 6.82. The number of imide groups is 1. The zero-order valence-electron chi connectivity index (χ0n) is 19.4. The lowest BCUT2D eigenvalue weighted by molar-refractivity contribution is -0.137. The summed E-state index contributed by atoms with van der Waals surface area (Å²) in [5.74, 6) is 1.10. The second-order valence-electron chi connectivity index (χ2n) is 7.60. The summed E-state index contributed by atoms with van der Waals surface area (Å²) in [4.78, 5) is 30.0. The number of para-hydroxylation sites is 2. The highest BCUT2D eigenvalue weighted by molar-refractivity contribution is 6.37. The molecule has 0 N–H and O–H groups in total. The summed E-state index contributed by atoms with van der Waals surface area (Å²) >= 11 is 0. The maximum Gasteiger partial charge on any atom is 0.278 e. The van der Waals surface area contributed by atoms with Crippen LogP contribution in [-0.2, 0) is 9.59 Å². The molecule has 0 bridgehead atoms. The first-order chi connectivity index (χ1) is 16.5. The predicted molar refractivity (Wildman–Crippen MR) is 130 cm³/mol. The van der Waals surface area contributed by atoms with Gasteiger partial charge in [-0.25, -0.2) is 0 Å². The largest absolute Gasteiger partial charge is 0.497 e. The Morgan fingerprint density at radius 2 is 1.41 bits per heavy atom. The van der Waals surface area contributed by atoms with E-state index in [9.17, 15) is 9.59 Å². The van der Waals surface area contributed by atoms with Gasteiger partial charge in [-0.3, -0.25) is 14.5 Å². The summed E-state index contributed by atoms with van der Waals surface area (Å²) in [6.45, 7) is 0.264. The molecule has 0 saturated carbocycles. The first-order valence-corrected chi connectivity index (χ1v) is 10.8. The number of likely N-dealkylation sites (N-methyl/N-ethyl adjacent to an activating group) is 1.